The average molecular weight is 617 g/mol. The molecule has 5 aromatic carbocycles. The Bertz CT molecular complexity index is 1960. The van der Waals surface area contributed by atoms with Crippen LogP contribution in [-0.4, -0.2) is 17.4 Å². The van der Waals surface area contributed by atoms with E-state index < -0.39 is 17.1 Å². The third-order valence-electron chi connectivity index (χ3n) is 10.2. The highest BCUT2D eigenvalue weighted by molar-refractivity contribution is 5.88. The molecule has 8 rings (SSSR count). The molecule has 4 nitrogen and oxygen atoms in total. The van der Waals surface area contributed by atoms with Gasteiger partial charge in [-0.25, -0.2) is 0 Å². The first-order valence-corrected chi connectivity index (χ1v) is 16.4. The molecule has 0 aromatic heterocycles. The molecule has 4 heteroatoms. The van der Waals surface area contributed by atoms with Crippen LogP contribution in [0.2, 0.25) is 0 Å². The third kappa shape index (κ3) is 5.01. The number of para-hydroxylation sites is 2. The Morgan fingerprint density at radius 2 is 1.19 bits per heavy atom. The summed E-state index contributed by atoms with van der Waals surface area (Å²) in [6, 6.07) is 44.4. The minimum atomic E-state index is -1.10. The summed E-state index contributed by atoms with van der Waals surface area (Å²) in [7, 11) is 0. The van der Waals surface area contributed by atoms with E-state index in [1.165, 1.54) is 16.7 Å². The van der Waals surface area contributed by atoms with Crippen molar-refractivity contribution in [1.29, 1.82) is 0 Å². The Morgan fingerprint density at radius 3 is 1.83 bits per heavy atom. The maximum atomic E-state index is 14.1. The SMILES string of the molecule is O=C(CC1(CC2(CC(O)Oc3ccccc3)c3ccccc3-c3ccccc32)C2=C(CCC=C2)c2ccccc21)Oc1ccccc1. The molecule has 3 aliphatic carbocycles. The van der Waals surface area contributed by atoms with Gasteiger partial charge < -0.3 is 14.6 Å². The van der Waals surface area contributed by atoms with Crippen LogP contribution >= 0.6 is 0 Å². The van der Waals surface area contributed by atoms with Crippen molar-refractivity contribution in [3.8, 4) is 22.6 Å². The molecule has 1 N–H and O–H groups in total. The number of rotatable bonds is 9. The lowest BCUT2D eigenvalue weighted by atomic mass is 9.59. The van der Waals surface area contributed by atoms with Crippen LogP contribution in [0.15, 0.2) is 151 Å². The number of aliphatic hydroxyl groups excluding tert-OH is 1. The van der Waals surface area contributed by atoms with Gasteiger partial charge in [-0.3, -0.25) is 4.79 Å². The molecule has 0 saturated carbocycles. The van der Waals surface area contributed by atoms with Crippen molar-refractivity contribution in [2.45, 2.75) is 49.2 Å². The Balaban J connectivity index is 1.32. The van der Waals surface area contributed by atoms with E-state index in [0.29, 0.717) is 24.3 Å². The second-order valence-electron chi connectivity index (χ2n) is 12.9. The van der Waals surface area contributed by atoms with Crippen molar-refractivity contribution in [2.75, 3.05) is 0 Å². The molecule has 0 amide bonds. The fourth-order valence-electron chi connectivity index (χ4n) is 8.46. The van der Waals surface area contributed by atoms with Crippen LogP contribution in [0.3, 0.4) is 0 Å². The molecule has 0 heterocycles. The Kier molecular flexibility index (Phi) is 7.38. The maximum Gasteiger partial charge on any atom is 0.312 e. The lowest BCUT2D eigenvalue weighted by Gasteiger charge is -2.43. The molecular weight excluding hydrogens is 580 g/mol. The molecule has 47 heavy (non-hydrogen) atoms. The highest BCUT2D eigenvalue weighted by atomic mass is 16.6. The van der Waals surface area contributed by atoms with Crippen LogP contribution in [0.4, 0.5) is 0 Å². The Morgan fingerprint density at radius 1 is 0.660 bits per heavy atom. The number of fused-ring (bicyclic) bond motifs is 5. The summed E-state index contributed by atoms with van der Waals surface area (Å²) in [5, 5.41) is 11.8. The Hall–Kier alpha value is -5.19. The number of carbonyl (C=O) groups is 1. The van der Waals surface area contributed by atoms with E-state index in [9.17, 15) is 9.90 Å². The first kappa shape index (κ1) is 29.2. The molecular formula is C43H36O4. The fourth-order valence-corrected chi connectivity index (χ4v) is 8.46. The minimum Gasteiger partial charge on any atom is -0.465 e. The molecule has 3 aliphatic rings. The molecule has 0 radical (unpaired) electrons. The molecule has 2 unspecified atom stereocenters. The number of allylic oxidation sites excluding steroid dienone is 4. The smallest absolute Gasteiger partial charge is 0.312 e. The van der Waals surface area contributed by atoms with Crippen LogP contribution in [0.1, 0.15) is 54.4 Å². The lowest BCUT2D eigenvalue weighted by Crippen LogP contribution is -2.43. The van der Waals surface area contributed by atoms with E-state index in [-0.39, 0.29) is 12.4 Å². The molecule has 2 atom stereocenters. The number of ether oxygens (including phenoxy) is 2. The van der Waals surface area contributed by atoms with Gasteiger partial charge in [0.15, 0.2) is 6.29 Å². The molecule has 5 aromatic rings. The summed E-state index contributed by atoms with van der Waals surface area (Å²) in [6.45, 7) is 0. The quantitative estimate of drug-likeness (QED) is 0.102. The van der Waals surface area contributed by atoms with Crippen LogP contribution in [0.25, 0.3) is 16.7 Å². The van der Waals surface area contributed by atoms with Crippen LogP contribution in [-0.2, 0) is 15.6 Å². The van der Waals surface area contributed by atoms with Crippen molar-refractivity contribution in [1.82, 2.24) is 0 Å². The molecule has 0 saturated heterocycles. The zero-order valence-corrected chi connectivity index (χ0v) is 26.1. The predicted molar refractivity (Wildman–Crippen MR) is 185 cm³/mol. The van der Waals surface area contributed by atoms with Crippen molar-refractivity contribution in [3.05, 3.63) is 173 Å². The van der Waals surface area contributed by atoms with E-state index in [1.807, 2.05) is 60.7 Å². The zero-order chi connectivity index (χ0) is 31.8. The number of carbonyl (C=O) groups excluding carboxylic acids is 1. The third-order valence-corrected chi connectivity index (χ3v) is 10.2. The number of benzene rings is 5. The summed E-state index contributed by atoms with van der Waals surface area (Å²) in [4.78, 5) is 14.1. The highest BCUT2D eigenvalue weighted by Crippen LogP contribution is 2.62. The van der Waals surface area contributed by atoms with Gasteiger partial charge in [0.1, 0.15) is 11.5 Å². The predicted octanol–water partition coefficient (Wildman–Crippen LogP) is 9.18. The molecule has 0 fully saturated rings. The largest absolute Gasteiger partial charge is 0.465 e. The summed E-state index contributed by atoms with van der Waals surface area (Å²) >= 11 is 0. The summed E-state index contributed by atoms with van der Waals surface area (Å²) in [5.41, 5.74) is 7.99. The average Bonchev–Trinajstić information content (AvgIpc) is 3.53. The Labute approximate surface area is 275 Å². The normalized spacial score (nSPS) is 18.9. The van der Waals surface area contributed by atoms with Gasteiger partial charge in [0, 0.05) is 17.3 Å². The van der Waals surface area contributed by atoms with Gasteiger partial charge in [0.05, 0.1) is 6.42 Å². The highest BCUT2D eigenvalue weighted by Gasteiger charge is 2.55. The summed E-state index contributed by atoms with van der Waals surface area (Å²) < 4.78 is 12.2. The van der Waals surface area contributed by atoms with E-state index in [0.717, 1.165) is 40.7 Å². The molecule has 232 valence electrons. The number of hydrogen-bond acceptors (Lipinski definition) is 4. The summed E-state index contributed by atoms with van der Waals surface area (Å²) in [5.74, 6) is 0.863. The topological polar surface area (TPSA) is 55.8 Å². The van der Waals surface area contributed by atoms with E-state index in [4.69, 9.17) is 9.47 Å². The standard InChI is InChI=1S/C43H36O4/c44-40(46-30-15-3-1-4-16-30)27-42(36-23-11-7-19-32(36)33-20-8-12-24-37(33)42)29-43(28-41(45)47-31-17-5-2-6-18-31)38-25-13-9-21-34(38)35-22-10-14-26-39(35)43/h1-9,11-21,23-26,40,44H,10,22,27-29H2. The van der Waals surface area contributed by atoms with Gasteiger partial charge in [-0.05, 0) is 88.1 Å². The first-order chi connectivity index (χ1) is 23.1. The molecule has 0 spiro atoms. The molecule has 0 aliphatic heterocycles. The molecule has 0 bridgehead atoms. The van der Waals surface area contributed by atoms with Crippen LogP contribution in [0.5, 0.6) is 11.5 Å². The first-order valence-electron chi connectivity index (χ1n) is 16.4. The maximum absolute atomic E-state index is 14.1. The van der Waals surface area contributed by atoms with E-state index in [1.54, 1.807) is 0 Å². The monoisotopic (exact) mass is 616 g/mol. The van der Waals surface area contributed by atoms with Crippen molar-refractivity contribution < 1.29 is 19.4 Å². The van der Waals surface area contributed by atoms with Crippen LogP contribution < -0.4 is 9.47 Å². The van der Waals surface area contributed by atoms with Gasteiger partial charge in [0.2, 0.25) is 0 Å². The number of hydrogen-bond donors (Lipinski definition) is 1. The second-order valence-corrected chi connectivity index (χ2v) is 12.9. The number of aliphatic hydroxyl groups is 1. The fraction of sp³-hybridized carbons (Fsp3) is 0.186. The number of esters is 1. The van der Waals surface area contributed by atoms with Gasteiger partial charge in [-0.15, -0.1) is 0 Å². The van der Waals surface area contributed by atoms with Crippen molar-refractivity contribution in [3.63, 3.8) is 0 Å². The lowest BCUT2D eigenvalue weighted by molar-refractivity contribution is -0.135. The van der Waals surface area contributed by atoms with Gasteiger partial charge in [-0.1, -0.05) is 121 Å². The van der Waals surface area contributed by atoms with E-state index in [2.05, 4.69) is 84.9 Å². The minimum absolute atomic E-state index is 0.157. The summed E-state index contributed by atoms with van der Waals surface area (Å²) in [6.07, 6.45) is 6.26. The van der Waals surface area contributed by atoms with Gasteiger partial charge >= 0.3 is 5.97 Å². The van der Waals surface area contributed by atoms with Gasteiger partial charge in [-0.2, -0.15) is 0 Å². The van der Waals surface area contributed by atoms with Crippen molar-refractivity contribution >= 4 is 11.5 Å². The van der Waals surface area contributed by atoms with Crippen LogP contribution in [0, 0.1) is 0 Å². The van der Waals surface area contributed by atoms with Crippen molar-refractivity contribution in [2.24, 2.45) is 0 Å². The van der Waals surface area contributed by atoms with E-state index >= 15 is 0 Å². The van der Waals surface area contributed by atoms with Gasteiger partial charge in [0.25, 0.3) is 0 Å². The second kappa shape index (κ2) is 11.9. The zero-order valence-electron chi connectivity index (χ0n) is 26.1.